The molecule has 1 atom stereocenters. The van der Waals surface area contributed by atoms with Crippen molar-refractivity contribution < 1.29 is 23.4 Å². The molecule has 0 saturated heterocycles. The number of allylic oxidation sites excluding steroid dienone is 1. The molecule has 0 N–H and O–H groups in total. The molecule has 8 nitrogen and oxygen atoms in total. The maximum absolute atomic E-state index is 13.9. The molecular formula is C29H25BrN2O6S. The Morgan fingerprint density at radius 2 is 1.90 bits per heavy atom. The number of furan rings is 1. The van der Waals surface area contributed by atoms with E-state index in [1.165, 1.54) is 23.0 Å². The van der Waals surface area contributed by atoms with Gasteiger partial charge in [-0.15, -0.1) is 0 Å². The Morgan fingerprint density at radius 1 is 1.13 bits per heavy atom. The molecule has 10 heteroatoms. The van der Waals surface area contributed by atoms with Crippen molar-refractivity contribution >= 4 is 39.3 Å². The molecular weight excluding hydrogens is 584 g/mol. The van der Waals surface area contributed by atoms with Gasteiger partial charge >= 0.3 is 5.97 Å². The third-order valence-corrected chi connectivity index (χ3v) is 7.79. The largest absolute Gasteiger partial charge is 0.497 e. The normalized spacial score (nSPS) is 15.1. The Morgan fingerprint density at radius 3 is 2.59 bits per heavy atom. The Labute approximate surface area is 236 Å². The lowest BCUT2D eigenvalue weighted by molar-refractivity contribution is -0.139. The smallest absolute Gasteiger partial charge is 0.338 e. The van der Waals surface area contributed by atoms with Crippen LogP contribution in [-0.4, -0.2) is 31.4 Å². The fraction of sp³-hybridized carbons (Fsp3) is 0.207. The highest BCUT2D eigenvalue weighted by atomic mass is 79.9. The lowest BCUT2D eigenvalue weighted by Gasteiger charge is -2.26. The van der Waals surface area contributed by atoms with Gasteiger partial charge in [0.05, 0.1) is 36.6 Å². The van der Waals surface area contributed by atoms with Crippen molar-refractivity contribution in [2.24, 2.45) is 4.99 Å². The molecule has 39 heavy (non-hydrogen) atoms. The number of esters is 1. The maximum atomic E-state index is 13.9. The third-order valence-electron chi connectivity index (χ3n) is 6.28. The van der Waals surface area contributed by atoms with Crippen molar-refractivity contribution in [3.8, 4) is 22.8 Å². The summed E-state index contributed by atoms with van der Waals surface area (Å²) in [6.07, 6.45) is 1.69. The number of aromatic nitrogens is 1. The van der Waals surface area contributed by atoms with Gasteiger partial charge in [-0.1, -0.05) is 39.4 Å². The number of carbonyl (C=O) groups is 1. The van der Waals surface area contributed by atoms with E-state index in [2.05, 4.69) is 20.9 Å². The zero-order valence-corrected chi connectivity index (χ0v) is 24.1. The predicted octanol–water partition coefficient (Wildman–Crippen LogP) is 4.84. The fourth-order valence-electron chi connectivity index (χ4n) is 4.46. The van der Waals surface area contributed by atoms with Crippen LogP contribution in [0.4, 0.5) is 0 Å². The summed E-state index contributed by atoms with van der Waals surface area (Å²) in [4.78, 5) is 32.1. The number of carbonyl (C=O) groups excluding carboxylic acids is 1. The molecule has 0 spiro atoms. The summed E-state index contributed by atoms with van der Waals surface area (Å²) >= 11 is 4.66. The predicted molar refractivity (Wildman–Crippen MR) is 152 cm³/mol. The van der Waals surface area contributed by atoms with E-state index < -0.39 is 12.0 Å². The molecule has 1 unspecified atom stereocenters. The molecule has 1 aliphatic rings. The van der Waals surface area contributed by atoms with Crippen molar-refractivity contribution in [2.75, 3.05) is 20.8 Å². The topological polar surface area (TPSA) is 92.3 Å². The molecule has 200 valence electrons. The van der Waals surface area contributed by atoms with E-state index in [9.17, 15) is 9.59 Å². The first kappa shape index (κ1) is 26.7. The van der Waals surface area contributed by atoms with Crippen LogP contribution in [0.25, 0.3) is 17.4 Å². The summed E-state index contributed by atoms with van der Waals surface area (Å²) in [5, 5.41) is 0. The Balaban J connectivity index is 1.67. The van der Waals surface area contributed by atoms with Crippen molar-refractivity contribution in [2.45, 2.75) is 19.9 Å². The van der Waals surface area contributed by atoms with Crippen LogP contribution < -0.4 is 24.4 Å². The van der Waals surface area contributed by atoms with Crippen LogP contribution in [0.15, 0.2) is 84.5 Å². The molecule has 0 bridgehead atoms. The second kappa shape index (κ2) is 11.1. The zero-order valence-electron chi connectivity index (χ0n) is 21.7. The molecule has 0 amide bonds. The van der Waals surface area contributed by atoms with Crippen LogP contribution in [-0.2, 0) is 9.53 Å². The van der Waals surface area contributed by atoms with E-state index in [1.54, 1.807) is 45.2 Å². The van der Waals surface area contributed by atoms with Crippen LogP contribution in [0.3, 0.4) is 0 Å². The van der Waals surface area contributed by atoms with Gasteiger partial charge in [0.2, 0.25) is 0 Å². The first-order valence-corrected chi connectivity index (χ1v) is 13.7. The third kappa shape index (κ3) is 5.09. The summed E-state index contributed by atoms with van der Waals surface area (Å²) < 4.78 is 25.3. The summed E-state index contributed by atoms with van der Waals surface area (Å²) in [6.45, 7) is 3.66. The molecule has 3 heterocycles. The van der Waals surface area contributed by atoms with Gasteiger partial charge in [0.25, 0.3) is 5.56 Å². The molecule has 0 aliphatic carbocycles. The lowest BCUT2D eigenvalue weighted by atomic mass is 9.95. The van der Waals surface area contributed by atoms with E-state index in [-0.39, 0.29) is 17.7 Å². The molecule has 5 rings (SSSR count). The van der Waals surface area contributed by atoms with Crippen LogP contribution in [0.2, 0.25) is 0 Å². The number of halogens is 1. The minimum absolute atomic E-state index is 0.186. The molecule has 2 aromatic heterocycles. The lowest BCUT2D eigenvalue weighted by Crippen LogP contribution is -2.40. The highest BCUT2D eigenvalue weighted by molar-refractivity contribution is 9.10. The SMILES string of the molecule is CCOC(=O)C1=C(C)N=c2s/c(=C\c3ccc(-c4ccc(Br)cc4)o3)c(=O)n2C1c1ccc(OC)cc1OC. The van der Waals surface area contributed by atoms with Crippen LogP contribution in [0.5, 0.6) is 11.5 Å². The average Bonchev–Trinajstić information content (AvgIpc) is 3.52. The zero-order chi connectivity index (χ0) is 27.7. The van der Waals surface area contributed by atoms with Crippen molar-refractivity contribution in [3.05, 3.63) is 101 Å². The van der Waals surface area contributed by atoms with E-state index in [1.807, 2.05) is 36.4 Å². The summed E-state index contributed by atoms with van der Waals surface area (Å²) in [5.41, 5.74) is 1.96. The summed E-state index contributed by atoms with van der Waals surface area (Å²) in [7, 11) is 3.09. The second-order valence-electron chi connectivity index (χ2n) is 8.62. The number of thiazole rings is 1. The Kier molecular flexibility index (Phi) is 7.58. The molecule has 4 aromatic rings. The van der Waals surface area contributed by atoms with Crippen LogP contribution in [0, 0.1) is 0 Å². The van der Waals surface area contributed by atoms with Gasteiger partial charge in [-0.05, 0) is 50.2 Å². The monoisotopic (exact) mass is 608 g/mol. The van der Waals surface area contributed by atoms with E-state index in [4.69, 9.17) is 18.6 Å². The van der Waals surface area contributed by atoms with Gasteiger partial charge in [0.15, 0.2) is 4.80 Å². The van der Waals surface area contributed by atoms with E-state index in [0.717, 1.165) is 10.0 Å². The van der Waals surface area contributed by atoms with Gasteiger partial charge in [-0.25, -0.2) is 9.79 Å². The highest BCUT2D eigenvalue weighted by Crippen LogP contribution is 2.37. The first-order chi connectivity index (χ1) is 18.8. The van der Waals surface area contributed by atoms with Crippen molar-refractivity contribution in [1.29, 1.82) is 0 Å². The number of hydrogen-bond donors (Lipinski definition) is 0. The first-order valence-electron chi connectivity index (χ1n) is 12.1. The Hall–Kier alpha value is -3.89. The molecule has 2 aromatic carbocycles. The number of fused-ring (bicyclic) bond motifs is 1. The van der Waals surface area contributed by atoms with Gasteiger partial charge in [-0.2, -0.15) is 0 Å². The Bertz CT molecular complexity index is 1760. The van der Waals surface area contributed by atoms with E-state index >= 15 is 0 Å². The van der Waals surface area contributed by atoms with Gasteiger partial charge in [0.1, 0.15) is 29.1 Å². The molecule has 0 radical (unpaired) electrons. The minimum Gasteiger partial charge on any atom is -0.497 e. The highest BCUT2D eigenvalue weighted by Gasteiger charge is 2.35. The molecule has 0 saturated carbocycles. The number of methoxy groups -OCH3 is 2. The molecule has 1 aliphatic heterocycles. The van der Waals surface area contributed by atoms with Gasteiger partial charge in [0, 0.05) is 27.7 Å². The van der Waals surface area contributed by atoms with Crippen molar-refractivity contribution in [1.82, 2.24) is 4.57 Å². The summed E-state index contributed by atoms with van der Waals surface area (Å²) in [6, 6.07) is 15.9. The standard InChI is InChI=1S/C29H25BrN2O6S/c1-5-37-28(34)25-16(2)31-29-32(26(25)21-12-10-19(35-3)14-23(21)36-4)27(33)24(39-29)15-20-11-13-22(38-20)17-6-8-18(30)9-7-17/h6-15,26H,5H2,1-4H3/b24-15-. The number of benzene rings is 2. The second-order valence-corrected chi connectivity index (χ2v) is 10.5. The number of rotatable bonds is 7. The number of nitrogens with zero attached hydrogens (tertiary/aromatic N) is 2. The van der Waals surface area contributed by atoms with Crippen LogP contribution in [0.1, 0.15) is 31.2 Å². The number of hydrogen-bond acceptors (Lipinski definition) is 8. The quantitative estimate of drug-likeness (QED) is 0.279. The molecule has 0 fully saturated rings. The van der Waals surface area contributed by atoms with Crippen molar-refractivity contribution in [3.63, 3.8) is 0 Å². The summed E-state index contributed by atoms with van der Waals surface area (Å²) in [5.74, 6) is 1.72. The van der Waals surface area contributed by atoms with Gasteiger partial charge < -0.3 is 18.6 Å². The fourth-order valence-corrected chi connectivity index (χ4v) is 5.75. The van der Waals surface area contributed by atoms with E-state index in [0.29, 0.717) is 43.6 Å². The van der Waals surface area contributed by atoms with Crippen LogP contribution >= 0.6 is 27.3 Å². The average molecular weight is 609 g/mol. The van der Waals surface area contributed by atoms with Gasteiger partial charge in [-0.3, -0.25) is 9.36 Å². The number of ether oxygens (including phenoxy) is 3. The maximum Gasteiger partial charge on any atom is 0.338 e. The minimum atomic E-state index is -0.807.